The second-order valence-electron chi connectivity index (χ2n) is 4.56. The van der Waals surface area contributed by atoms with Crippen molar-refractivity contribution in [1.29, 1.82) is 0 Å². The molecule has 17 heavy (non-hydrogen) atoms. The molecule has 0 aliphatic carbocycles. The van der Waals surface area contributed by atoms with Crippen LogP contribution in [0.25, 0.3) is 0 Å². The van der Waals surface area contributed by atoms with Crippen LogP contribution < -0.4 is 0 Å². The van der Waals surface area contributed by atoms with Crippen LogP contribution in [0.3, 0.4) is 0 Å². The quantitative estimate of drug-likeness (QED) is 0.825. The molecule has 0 saturated carbocycles. The topological polar surface area (TPSA) is 71.2 Å². The fraction of sp³-hybridized carbons (Fsp3) is 0.727. The Morgan fingerprint density at radius 1 is 1.53 bits per heavy atom. The molecule has 1 N–H and O–H groups in total. The second kappa shape index (κ2) is 5.27. The third-order valence-corrected chi connectivity index (χ3v) is 3.34. The van der Waals surface area contributed by atoms with E-state index in [1.165, 1.54) is 0 Å². The van der Waals surface area contributed by atoms with Crippen LogP contribution in [0.5, 0.6) is 0 Å². The molecule has 1 aliphatic heterocycles. The average Bonchev–Trinajstić information content (AvgIpc) is 2.73. The third kappa shape index (κ3) is 3.03. The molecular formula is C11H18N4O2. The van der Waals surface area contributed by atoms with Gasteiger partial charge in [-0.15, -0.1) is 10.2 Å². The summed E-state index contributed by atoms with van der Waals surface area (Å²) in [6.45, 7) is 2.55. The van der Waals surface area contributed by atoms with Gasteiger partial charge in [0.15, 0.2) is 0 Å². The van der Waals surface area contributed by atoms with Crippen molar-refractivity contribution in [1.82, 2.24) is 19.7 Å². The highest BCUT2D eigenvalue weighted by Gasteiger charge is 2.23. The first kappa shape index (κ1) is 12.0. The maximum Gasteiger partial charge on any atom is 0.304 e. The monoisotopic (exact) mass is 238 g/mol. The molecule has 0 amide bonds. The largest absolute Gasteiger partial charge is 0.481 e. The molecule has 0 spiro atoms. The van der Waals surface area contributed by atoms with E-state index in [1.54, 1.807) is 6.33 Å². The highest BCUT2D eigenvalue weighted by atomic mass is 16.4. The molecule has 0 bridgehead atoms. The Morgan fingerprint density at radius 2 is 2.24 bits per heavy atom. The summed E-state index contributed by atoms with van der Waals surface area (Å²) in [6.07, 6.45) is 4.03. The Kier molecular flexibility index (Phi) is 3.73. The van der Waals surface area contributed by atoms with Gasteiger partial charge in [0.1, 0.15) is 12.2 Å². The van der Waals surface area contributed by atoms with Gasteiger partial charge in [0.25, 0.3) is 0 Å². The van der Waals surface area contributed by atoms with Crippen LogP contribution in [0.15, 0.2) is 6.33 Å². The fourth-order valence-electron chi connectivity index (χ4n) is 2.33. The maximum atomic E-state index is 10.5. The van der Waals surface area contributed by atoms with Crippen LogP contribution in [0.1, 0.15) is 31.0 Å². The van der Waals surface area contributed by atoms with E-state index in [4.69, 9.17) is 5.11 Å². The molecule has 2 rings (SSSR count). The lowest BCUT2D eigenvalue weighted by Crippen LogP contribution is -2.35. The minimum Gasteiger partial charge on any atom is -0.481 e. The highest BCUT2D eigenvalue weighted by Crippen LogP contribution is 2.25. The van der Waals surface area contributed by atoms with Gasteiger partial charge in [-0.3, -0.25) is 4.79 Å². The van der Waals surface area contributed by atoms with Crippen molar-refractivity contribution in [3.8, 4) is 0 Å². The number of rotatable bonds is 4. The molecule has 94 valence electrons. The lowest BCUT2D eigenvalue weighted by Gasteiger charge is -2.30. The van der Waals surface area contributed by atoms with E-state index in [1.807, 2.05) is 11.6 Å². The standard InChI is InChI=1S/C11H18N4O2/c1-14-8-12-13-11(14)9-2-5-15(6-3-9)7-4-10(16)17/h8-9H,2-7H2,1H3,(H,16,17). The van der Waals surface area contributed by atoms with Gasteiger partial charge >= 0.3 is 5.97 Å². The van der Waals surface area contributed by atoms with Crippen LogP contribution >= 0.6 is 0 Å². The van der Waals surface area contributed by atoms with Gasteiger partial charge in [-0.05, 0) is 25.9 Å². The molecule has 0 radical (unpaired) electrons. The summed E-state index contributed by atoms with van der Waals surface area (Å²) >= 11 is 0. The predicted molar refractivity (Wildman–Crippen MR) is 61.7 cm³/mol. The molecule has 6 nitrogen and oxygen atoms in total. The van der Waals surface area contributed by atoms with Crippen LogP contribution in [0, 0.1) is 0 Å². The number of hydrogen-bond acceptors (Lipinski definition) is 4. The lowest BCUT2D eigenvalue weighted by atomic mass is 9.96. The van der Waals surface area contributed by atoms with E-state index < -0.39 is 5.97 Å². The number of aliphatic carboxylic acids is 1. The number of hydrogen-bond donors (Lipinski definition) is 1. The Balaban J connectivity index is 1.82. The van der Waals surface area contributed by atoms with Crippen molar-refractivity contribution >= 4 is 5.97 Å². The van der Waals surface area contributed by atoms with E-state index in [-0.39, 0.29) is 6.42 Å². The fourth-order valence-corrected chi connectivity index (χ4v) is 2.33. The smallest absolute Gasteiger partial charge is 0.304 e. The molecule has 1 aliphatic rings. The van der Waals surface area contributed by atoms with Gasteiger partial charge in [-0.1, -0.05) is 0 Å². The number of carboxylic acids is 1. The van der Waals surface area contributed by atoms with Gasteiger partial charge in [0, 0.05) is 19.5 Å². The molecule has 1 aromatic heterocycles. The first-order valence-electron chi connectivity index (χ1n) is 5.95. The summed E-state index contributed by atoms with van der Waals surface area (Å²) in [5.74, 6) is 0.784. The molecule has 2 heterocycles. The van der Waals surface area contributed by atoms with E-state index in [9.17, 15) is 4.79 Å². The number of aromatic nitrogens is 3. The van der Waals surface area contributed by atoms with Gasteiger partial charge in [-0.2, -0.15) is 0 Å². The number of nitrogens with zero attached hydrogens (tertiary/aromatic N) is 4. The summed E-state index contributed by atoms with van der Waals surface area (Å²) in [5.41, 5.74) is 0. The van der Waals surface area contributed by atoms with E-state index >= 15 is 0 Å². The summed E-state index contributed by atoms with van der Waals surface area (Å²) in [5, 5.41) is 16.7. The average molecular weight is 238 g/mol. The van der Waals surface area contributed by atoms with Gasteiger partial charge in [-0.25, -0.2) is 0 Å². The molecule has 0 atom stereocenters. The number of likely N-dealkylation sites (tertiary alicyclic amines) is 1. The van der Waals surface area contributed by atoms with E-state index in [0.29, 0.717) is 12.5 Å². The van der Waals surface area contributed by atoms with Crippen LogP contribution in [-0.4, -0.2) is 50.4 Å². The maximum absolute atomic E-state index is 10.5. The van der Waals surface area contributed by atoms with Crippen LogP contribution in [0.2, 0.25) is 0 Å². The zero-order valence-electron chi connectivity index (χ0n) is 10.0. The van der Waals surface area contributed by atoms with Crippen molar-refractivity contribution in [2.45, 2.75) is 25.2 Å². The van der Waals surface area contributed by atoms with Crippen molar-refractivity contribution in [3.63, 3.8) is 0 Å². The Bertz CT molecular complexity index is 383. The lowest BCUT2D eigenvalue weighted by molar-refractivity contribution is -0.137. The minimum absolute atomic E-state index is 0.231. The first-order chi connectivity index (χ1) is 8.16. The number of carboxylic acid groups (broad SMARTS) is 1. The van der Waals surface area contributed by atoms with Crippen molar-refractivity contribution in [2.24, 2.45) is 7.05 Å². The molecular weight excluding hydrogens is 220 g/mol. The van der Waals surface area contributed by atoms with Gasteiger partial charge in [0.2, 0.25) is 0 Å². The SMILES string of the molecule is Cn1cnnc1C1CCN(CCC(=O)O)CC1. The van der Waals surface area contributed by atoms with Gasteiger partial charge in [0.05, 0.1) is 6.42 Å². The molecule has 1 fully saturated rings. The number of piperidine rings is 1. The Labute approximate surface area is 100 Å². The third-order valence-electron chi connectivity index (χ3n) is 3.34. The molecule has 0 aromatic carbocycles. The Morgan fingerprint density at radius 3 is 2.76 bits per heavy atom. The number of aryl methyl sites for hydroxylation is 1. The number of carbonyl (C=O) groups is 1. The molecule has 1 aromatic rings. The summed E-state index contributed by atoms with van der Waals surface area (Å²) in [6, 6.07) is 0. The van der Waals surface area contributed by atoms with Crippen LogP contribution in [-0.2, 0) is 11.8 Å². The highest BCUT2D eigenvalue weighted by molar-refractivity contribution is 5.66. The molecule has 1 saturated heterocycles. The van der Waals surface area contributed by atoms with Crippen LogP contribution in [0.4, 0.5) is 0 Å². The van der Waals surface area contributed by atoms with E-state index in [0.717, 1.165) is 31.8 Å². The summed E-state index contributed by atoms with van der Waals surface area (Å²) in [7, 11) is 1.96. The van der Waals surface area contributed by atoms with Crippen molar-refractivity contribution in [3.05, 3.63) is 12.2 Å². The zero-order valence-corrected chi connectivity index (χ0v) is 10.0. The molecule has 0 unspecified atom stereocenters. The van der Waals surface area contributed by atoms with Crippen molar-refractivity contribution in [2.75, 3.05) is 19.6 Å². The predicted octanol–water partition coefficient (Wildman–Crippen LogP) is 0.469. The first-order valence-corrected chi connectivity index (χ1v) is 5.95. The summed E-state index contributed by atoms with van der Waals surface area (Å²) < 4.78 is 1.97. The second-order valence-corrected chi connectivity index (χ2v) is 4.56. The zero-order chi connectivity index (χ0) is 12.3. The minimum atomic E-state index is -0.722. The van der Waals surface area contributed by atoms with Gasteiger partial charge < -0.3 is 14.6 Å². The normalized spacial score (nSPS) is 18.4. The molecule has 6 heteroatoms. The summed E-state index contributed by atoms with van der Waals surface area (Å²) in [4.78, 5) is 12.7. The van der Waals surface area contributed by atoms with Crippen molar-refractivity contribution < 1.29 is 9.90 Å². The Hall–Kier alpha value is -1.43. The van der Waals surface area contributed by atoms with E-state index in [2.05, 4.69) is 15.1 Å².